The summed E-state index contributed by atoms with van der Waals surface area (Å²) in [5.41, 5.74) is 3.28. The number of rotatable bonds is 4. The molecule has 2 aromatic rings. The number of carbonyl (C=O) groups is 2. The van der Waals surface area contributed by atoms with E-state index in [-0.39, 0.29) is 11.8 Å². The standard InChI is InChI=1S/C20H18N4O2/c1-3-23-17(13-9-5-7-11-21-13)15-16(19(23)25)18(24(4-2)20(15)26)14-10-6-8-12-22-14/h5-12H,3-4H2,1-2H3. The zero-order valence-corrected chi connectivity index (χ0v) is 14.6. The number of likely N-dealkylation sites (N-methyl/N-ethyl adjacent to an activating group) is 2. The van der Waals surface area contributed by atoms with E-state index in [1.54, 1.807) is 22.2 Å². The van der Waals surface area contributed by atoms with E-state index in [0.717, 1.165) is 0 Å². The molecule has 0 fully saturated rings. The number of hydrogen-bond acceptors (Lipinski definition) is 4. The van der Waals surface area contributed by atoms with E-state index in [9.17, 15) is 9.59 Å². The maximum atomic E-state index is 13.2. The second kappa shape index (κ2) is 6.22. The van der Waals surface area contributed by atoms with Crippen LogP contribution in [-0.4, -0.2) is 44.7 Å². The lowest BCUT2D eigenvalue weighted by molar-refractivity contribution is -0.124. The maximum absolute atomic E-state index is 13.2. The zero-order chi connectivity index (χ0) is 18.3. The van der Waals surface area contributed by atoms with Crippen molar-refractivity contribution in [3.8, 4) is 0 Å². The molecule has 0 aliphatic carbocycles. The fraction of sp³-hybridized carbons (Fsp3) is 0.200. The van der Waals surface area contributed by atoms with Crippen LogP contribution in [0.4, 0.5) is 0 Å². The van der Waals surface area contributed by atoms with Crippen LogP contribution >= 0.6 is 0 Å². The van der Waals surface area contributed by atoms with Gasteiger partial charge in [-0.1, -0.05) is 12.1 Å². The lowest BCUT2D eigenvalue weighted by Gasteiger charge is -2.22. The Labute approximate surface area is 151 Å². The van der Waals surface area contributed by atoms with E-state index in [1.165, 1.54) is 0 Å². The minimum Gasteiger partial charge on any atom is -0.306 e. The van der Waals surface area contributed by atoms with Crippen molar-refractivity contribution < 1.29 is 9.59 Å². The molecule has 26 heavy (non-hydrogen) atoms. The molecular weight excluding hydrogens is 328 g/mol. The molecule has 4 heterocycles. The number of hydrogen-bond donors (Lipinski definition) is 0. The summed E-state index contributed by atoms with van der Waals surface area (Å²) in [6, 6.07) is 11.0. The number of aromatic nitrogens is 2. The third-order valence-corrected chi connectivity index (χ3v) is 4.63. The molecule has 0 aromatic carbocycles. The summed E-state index contributed by atoms with van der Waals surface area (Å²) in [7, 11) is 0. The smallest absolute Gasteiger partial charge is 0.261 e. The Hall–Kier alpha value is -3.28. The molecule has 0 spiro atoms. The molecule has 130 valence electrons. The second-order valence-corrected chi connectivity index (χ2v) is 5.98. The molecule has 0 radical (unpaired) electrons. The molecule has 6 nitrogen and oxygen atoms in total. The molecule has 2 aromatic heterocycles. The van der Waals surface area contributed by atoms with Crippen LogP contribution in [0, 0.1) is 0 Å². The van der Waals surface area contributed by atoms with Gasteiger partial charge in [-0.15, -0.1) is 0 Å². The first-order chi connectivity index (χ1) is 12.7. The highest BCUT2D eigenvalue weighted by Gasteiger charge is 2.48. The van der Waals surface area contributed by atoms with Gasteiger partial charge in [-0.25, -0.2) is 0 Å². The largest absolute Gasteiger partial charge is 0.306 e. The van der Waals surface area contributed by atoms with Gasteiger partial charge in [0.25, 0.3) is 11.8 Å². The molecule has 0 N–H and O–H groups in total. The van der Waals surface area contributed by atoms with Crippen LogP contribution in [0.25, 0.3) is 11.4 Å². The Kier molecular flexibility index (Phi) is 3.88. The van der Waals surface area contributed by atoms with Crippen LogP contribution in [0.15, 0.2) is 59.9 Å². The Balaban J connectivity index is 2.03. The highest BCUT2D eigenvalue weighted by atomic mass is 16.2. The highest BCUT2D eigenvalue weighted by Crippen LogP contribution is 2.45. The number of fused-ring (bicyclic) bond motifs is 1. The highest BCUT2D eigenvalue weighted by molar-refractivity contribution is 6.30. The van der Waals surface area contributed by atoms with E-state index in [4.69, 9.17) is 0 Å². The number of amides is 2. The van der Waals surface area contributed by atoms with Gasteiger partial charge in [-0.05, 0) is 38.1 Å². The van der Waals surface area contributed by atoms with E-state index in [0.29, 0.717) is 47.0 Å². The Bertz CT molecular complexity index is 869. The van der Waals surface area contributed by atoms with Gasteiger partial charge in [0.2, 0.25) is 0 Å². The third-order valence-electron chi connectivity index (χ3n) is 4.63. The van der Waals surface area contributed by atoms with Crippen molar-refractivity contribution in [3.05, 3.63) is 71.3 Å². The fourth-order valence-corrected chi connectivity index (χ4v) is 3.54. The van der Waals surface area contributed by atoms with Gasteiger partial charge >= 0.3 is 0 Å². The van der Waals surface area contributed by atoms with Crippen molar-refractivity contribution in [1.82, 2.24) is 19.8 Å². The lowest BCUT2D eigenvalue weighted by Crippen LogP contribution is -2.30. The van der Waals surface area contributed by atoms with Crippen LogP contribution in [0.2, 0.25) is 0 Å². The van der Waals surface area contributed by atoms with Crippen molar-refractivity contribution in [3.63, 3.8) is 0 Å². The number of pyridine rings is 2. The average molecular weight is 346 g/mol. The molecule has 0 atom stereocenters. The first-order valence-corrected chi connectivity index (χ1v) is 8.64. The number of carbonyl (C=O) groups excluding carboxylic acids is 2. The number of nitrogens with zero attached hydrogens (tertiary/aromatic N) is 4. The monoisotopic (exact) mass is 346 g/mol. The summed E-state index contributed by atoms with van der Waals surface area (Å²) in [4.78, 5) is 38.4. The summed E-state index contributed by atoms with van der Waals surface area (Å²) in [6.07, 6.45) is 3.33. The molecule has 4 rings (SSSR count). The Morgan fingerprint density at radius 2 is 1.15 bits per heavy atom. The van der Waals surface area contributed by atoms with Gasteiger partial charge < -0.3 is 9.80 Å². The predicted octanol–water partition coefficient (Wildman–Crippen LogP) is 2.32. The fourth-order valence-electron chi connectivity index (χ4n) is 3.54. The molecule has 6 heteroatoms. The van der Waals surface area contributed by atoms with Gasteiger partial charge in [-0.3, -0.25) is 19.6 Å². The van der Waals surface area contributed by atoms with Crippen molar-refractivity contribution in [2.45, 2.75) is 13.8 Å². The van der Waals surface area contributed by atoms with E-state index in [1.807, 2.05) is 50.2 Å². The quantitative estimate of drug-likeness (QED) is 0.852. The molecule has 0 saturated heterocycles. The lowest BCUT2D eigenvalue weighted by atomic mass is 10.1. The summed E-state index contributed by atoms with van der Waals surface area (Å²) >= 11 is 0. The molecular formula is C20H18N4O2. The van der Waals surface area contributed by atoms with Crippen molar-refractivity contribution in [1.29, 1.82) is 0 Å². The summed E-state index contributed by atoms with van der Waals surface area (Å²) in [5, 5.41) is 0. The molecule has 0 saturated carbocycles. The van der Waals surface area contributed by atoms with Crippen molar-refractivity contribution in [2.24, 2.45) is 0 Å². The predicted molar refractivity (Wildman–Crippen MR) is 97.1 cm³/mol. The van der Waals surface area contributed by atoms with Gasteiger partial charge in [0, 0.05) is 25.5 Å². The third kappa shape index (κ3) is 2.19. The topological polar surface area (TPSA) is 66.4 Å². The first-order valence-electron chi connectivity index (χ1n) is 8.64. The summed E-state index contributed by atoms with van der Waals surface area (Å²) in [5.74, 6) is -0.346. The second-order valence-electron chi connectivity index (χ2n) is 5.98. The Morgan fingerprint density at radius 1 is 0.731 bits per heavy atom. The van der Waals surface area contributed by atoms with Gasteiger partial charge in [0.1, 0.15) is 0 Å². The molecule has 2 aliphatic heterocycles. The minimum absolute atomic E-state index is 0.173. The Morgan fingerprint density at radius 3 is 1.46 bits per heavy atom. The van der Waals surface area contributed by atoms with Crippen LogP contribution in [0.1, 0.15) is 25.2 Å². The molecule has 2 amide bonds. The van der Waals surface area contributed by atoms with Crippen LogP contribution in [-0.2, 0) is 9.59 Å². The molecule has 0 bridgehead atoms. The SMILES string of the molecule is CCN1C(=O)C2=C(c3ccccn3)N(CC)C(=O)C2=C1c1ccccn1. The average Bonchev–Trinajstić information content (AvgIpc) is 3.14. The van der Waals surface area contributed by atoms with Gasteiger partial charge in [-0.2, -0.15) is 0 Å². The van der Waals surface area contributed by atoms with Crippen LogP contribution in [0.3, 0.4) is 0 Å². The van der Waals surface area contributed by atoms with Gasteiger partial charge in [0.15, 0.2) is 0 Å². The zero-order valence-electron chi connectivity index (χ0n) is 14.6. The summed E-state index contributed by atoms with van der Waals surface area (Å²) in [6.45, 7) is 4.72. The molecule has 0 unspecified atom stereocenters. The van der Waals surface area contributed by atoms with Gasteiger partial charge in [0.05, 0.1) is 33.9 Å². The maximum Gasteiger partial charge on any atom is 0.261 e. The van der Waals surface area contributed by atoms with E-state index >= 15 is 0 Å². The van der Waals surface area contributed by atoms with Crippen molar-refractivity contribution in [2.75, 3.05) is 13.1 Å². The van der Waals surface area contributed by atoms with E-state index < -0.39 is 0 Å². The van der Waals surface area contributed by atoms with Crippen molar-refractivity contribution >= 4 is 23.2 Å². The van der Waals surface area contributed by atoms with E-state index in [2.05, 4.69) is 9.97 Å². The minimum atomic E-state index is -0.173. The van der Waals surface area contributed by atoms with Crippen LogP contribution in [0.5, 0.6) is 0 Å². The normalized spacial score (nSPS) is 16.8. The first kappa shape index (κ1) is 16.2. The van der Waals surface area contributed by atoms with Crippen LogP contribution < -0.4 is 0 Å². The summed E-state index contributed by atoms with van der Waals surface area (Å²) < 4.78 is 0. The molecule has 2 aliphatic rings.